The van der Waals surface area contributed by atoms with Gasteiger partial charge in [-0.15, -0.1) is 0 Å². The van der Waals surface area contributed by atoms with Crippen LogP contribution in [-0.2, 0) is 14.3 Å². The summed E-state index contributed by atoms with van der Waals surface area (Å²) in [5.41, 5.74) is -0.724. The van der Waals surface area contributed by atoms with Crippen LogP contribution in [-0.4, -0.2) is 40.4 Å². The molecule has 1 atom stereocenters. The number of carbonyl (C=O) groups excluding carboxylic acids is 4. The van der Waals surface area contributed by atoms with Gasteiger partial charge in [-0.1, -0.05) is 6.07 Å². The molecule has 0 aromatic heterocycles. The second-order valence-electron chi connectivity index (χ2n) is 8.36. The van der Waals surface area contributed by atoms with Crippen LogP contribution >= 0.6 is 11.8 Å². The van der Waals surface area contributed by atoms with Crippen molar-refractivity contribution in [2.45, 2.75) is 46.3 Å². The molecule has 0 fully saturated rings. The van der Waals surface area contributed by atoms with E-state index in [1.165, 1.54) is 38.1 Å². The predicted octanol–water partition coefficient (Wildman–Crippen LogP) is 4.91. The van der Waals surface area contributed by atoms with E-state index in [1.54, 1.807) is 20.8 Å². The van der Waals surface area contributed by atoms with E-state index in [1.807, 2.05) is 0 Å². The number of Topliss-reactive ketones (excluding diaryl/α,β-unsaturated/α-hetero) is 1. The molecule has 0 spiro atoms. The fourth-order valence-electron chi connectivity index (χ4n) is 2.78. The van der Waals surface area contributed by atoms with E-state index in [0.717, 1.165) is 6.07 Å². The van der Waals surface area contributed by atoms with Crippen LogP contribution in [0.5, 0.6) is 5.75 Å². The average molecular weight is 494 g/mol. The van der Waals surface area contributed by atoms with E-state index in [4.69, 9.17) is 9.47 Å². The highest BCUT2D eigenvalue weighted by Crippen LogP contribution is 2.31. The third kappa shape index (κ3) is 7.95. The summed E-state index contributed by atoms with van der Waals surface area (Å²) in [6.45, 7) is 7.48. The number of nitrogens with one attached hydrogen (secondary N) is 1. The van der Waals surface area contributed by atoms with Gasteiger partial charge in [0.2, 0.25) is 5.91 Å². The van der Waals surface area contributed by atoms with Crippen LogP contribution in [0.4, 0.5) is 13.6 Å². The van der Waals surface area contributed by atoms with E-state index in [9.17, 15) is 28.0 Å². The number of halogens is 2. The molecule has 10 heteroatoms. The minimum absolute atomic E-state index is 0.0399. The monoisotopic (exact) mass is 493 g/mol. The quantitative estimate of drug-likeness (QED) is 0.547. The molecule has 2 rings (SSSR count). The van der Waals surface area contributed by atoms with E-state index < -0.39 is 40.5 Å². The Bertz CT molecular complexity index is 1110. The number of hydrogen-bond acceptors (Lipinski definition) is 7. The van der Waals surface area contributed by atoms with Gasteiger partial charge >= 0.3 is 11.3 Å². The van der Waals surface area contributed by atoms with Crippen molar-refractivity contribution in [3.63, 3.8) is 0 Å². The van der Waals surface area contributed by atoms with Crippen molar-refractivity contribution in [1.29, 1.82) is 0 Å². The number of rotatable bonds is 7. The molecule has 34 heavy (non-hydrogen) atoms. The van der Waals surface area contributed by atoms with Gasteiger partial charge in [0.15, 0.2) is 5.78 Å². The van der Waals surface area contributed by atoms with Crippen LogP contribution in [0, 0.1) is 11.6 Å². The van der Waals surface area contributed by atoms with Gasteiger partial charge in [-0.05, 0) is 69.3 Å². The Balaban J connectivity index is 2.33. The number of hydrogen-bond donors (Lipinski definition) is 1. The van der Waals surface area contributed by atoms with Crippen molar-refractivity contribution >= 4 is 34.7 Å². The second kappa shape index (κ2) is 11.2. The Labute approximate surface area is 200 Å². The lowest BCUT2D eigenvalue weighted by atomic mass is 10.0. The highest BCUT2D eigenvalue weighted by atomic mass is 32.2. The molecule has 0 saturated heterocycles. The lowest BCUT2D eigenvalue weighted by Gasteiger charge is -2.21. The molecular weight excluding hydrogens is 468 g/mol. The van der Waals surface area contributed by atoms with E-state index in [0.29, 0.717) is 17.8 Å². The maximum absolute atomic E-state index is 14.3. The van der Waals surface area contributed by atoms with Gasteiger partial charge in [0.1, 0.15) is 28.5 Å². The molecule has 7 nitrogen and oxygen atoms in total. The summed E-state index contributed by atoms with van der Waals surface area (Å²) in [6.07, 6.45) is 0. The average Bonchev–Trinajstić information content (AvgIpc) is 2.70. The molecule has 0 radical (unpaired) electrons. The number of thioether (sulfide) groups is 1. The van der Waals surface area contributed by atoms with Crippen molar-refractivity contribution in [3.8, 4) is 16.9 Å². The lowest BCUT2D eigenvalue weighted by molar-refractivity contribution is -0.125. The maximum atomic E-state index is 14.3. The fraction of sp³-hybridized carbons (Fsp3) is 0.333. The Morgan fingerprint density at radius 1 is 1.03 bits per heavy atom. The molecule has 0 bridgehead atoms. The maximum Gasteiger partial charge on any atom is 0.372 e. The van der Waals surface area contributed by atoms with E-state index in [-0.39, 0.29) is 34.0 Å². The van der Waals surface area contributed by atoms with Gasteiger partial charge in [0.05, 0.1) is 6.04 Å². The number of carbonyl (C=O) groups is 4. The largest absolute Gasteiger partial charge is 0.456 e. The van der Waals surface area contributed by atoms with Crippen LogP contribution < -0.4 is 10.1 Å². The van der Waals surface area contributed by atoms with Gasteiger partial charge in [-0.25, -0.2) is 18.4 Å². The predicted molar refractivity (Wildman–Crippen MR) is 124 cm³/mol. The smallest absolute Gasteiger partial charge is 0.372 e. The summed E-state index contributed by atoms with van der Waals surface area (Å²) in [5.74, 6) is -3.38. The van der Waals surface area contributed by atoms with Crippen LogP contribution in [0.15, 0.2) is 36.4 Å². The van der Waals surface area contributed by atoms with Gasteiger partial charge in [-0.3, -0.25) is 9.59 Å². The molecule has 2 aromatic carbocycles. The van der Waals surface area contributed by atoms with Crippen molar-refractivity contribution in [2.24, 2.45) is 0 Å². The van der Waals surface area contributed by atoms with Crippen LogP contribution in [0.1, 0.15) is 45.0 Å². The first-order valence-electron chi connectivity index (χ1n) is 10.2. The number of ketones is 1. The van der Waals surface area contributed by atoms with Gasteiger partial charge in [-0.2, -0.15) is 0 Å². The molecule has 0 aliphatic heterocycles. The third-order valence-corrected chi connectivity index (χ3v) is 5.09. The van der Waals surface area contributed by atoms with Crippen molar-refractivity contribution in [1.82, 2.24) is 5.32 Å². The zero-order valence-electron chi connectivity index (χ0n) is 19.4. The molecule has 0 heterocycles. The summed E-state index contributed by atoms with van der Waals surface area (Å²) in [4.78, 5) is 48.1. The summed E-state index contributed by atoms with van der Waals surface area (Å²) in [6, 6.07) is 6.13. The molecule has 2 aromatic rings. The molecule has 0 aliphatic rings. The Hall–Kier alpha value is -3.27. The van der Waals surface area contributed by atoms with E-state index in [2.05, 4.69) is 5.32 Å². The number of ether oxygens (including phenoxy) is 2. The molecule has 1 amide bonds. The Kier molecular flexibility index (Phi) is 8.92. The standard InChI is InChI=1S/C24H25F2NO6S/c1-13(28)20(27-14(2)29)12-34-23(31)32-21-9-6-15(17-8-7-16(25)11-19(17)26)10-18(21)22(30)33-24(3,4)5/h6-11,20H,12H2,1-5H3,(H,27,29). The first-order chi connectivity index (χ1) is 15.8. The SMILES string of the molecule is CC(=O)NC(CSC(=O)Oc1ccc(-c2ccc(F)cc2F)cc1C(=O)OC(C)(C)C)C(C)=O. The Morgan fingerprint density at radius 3 is 2.26 bits per heavy atom. The topological polar surface area (TPSA) is 98.8 Å². The fourth-order valence-corrected chi connectivity index (χ4v) is 3.55. The highest BCUT2D eigenvalue weighted by Gasteiger charge is 2.25. The number of benzene rings is 2. The normalized spacial score (nSPS) is 12.0. The van der Waals surface area contributed by atoms with Crippen molar-refractivity contribution in [3.05, 3.63) is 53.6 Å². The summed E-state index contributed by atoms with van der Waals surface area (Å²) >= 11 is 0.637. The molecule has 0 saturated carbocycles. The highest BCUT2D eigenvalue weighted by molar-refractivity contribution is 8.13. The molecule has 0 aliphatic carbocycles. The van der Waals surface area contributed by atoms with Gasteiger partial charge in [0.25, 0.3) is 0 Å². The lowest BCUT2D eigenvalue weighted by Crippen LogP contribution is -2.40. The zero-order chi connectivity index (χ0) is 25.6. The van der Waals surface area contributed by atoms with Gasteiger partial charge in [0, 0.05) is 24.3 Å². The molecular formula is C24H25F2NO6S. The second-order valence-corrected chi connectivity index (χ2v) is 9.32. The van der Waals surface area contributed by atoms with Gasteiger partial charge < -0.3 is 14.8 Å². The first-order valence-corrected chi connectivity index (χ1v) is 11.2. The molecule has 1 N–H and O–H groups in total. The summed E-state index contributed by atoms with van der Waals surface area (Å²) < 4.78 is 38.3. The first kappa shape index (κ1) is 27.0. The zero-order valence-corrected chi connectivity index (χ0v) is 20.2. The Morgan fingerprint density at radius 2 is 1.71 bits per heavy atom. The van der Waals surface area contributed by atoms with Crippen LogP contribution in [0.2, 0.25) is 0 Å². The molecule has 1 unspecified atom stereocenters. The minimum Gasteiger partial charge on any atom is -0.456 e. The molecule has 182 valence electrons. The third-order valence-electron chi connectivity index (χ3n) is 4.27. The van der Waals surface area contributed by atoms with Crippen molar-refractivity contribution < 1.29 is 37.4 Å². The summed E-state index contributed by atoms with van der Waals surface area (Å²) in [5, 5.41) is 1.60. The van der Waals surface area contributed by atoms with Crippen LogP contribution in [0.25, 0.3) is 11.1 Å². The summed E-state index contributed by atoms with van der Waals surface area (Å²) in [7, 11) is 0. The minimum atomic E-state index is -0.885. The number of amides is 1. The van der Waals surface area contributed by atoms with E-state index >= 15 is 0 Å². The van der Waals surface area contributed by atoms with Crippen molar-refractivity contribution in [2.75, 3.05) is 5.75 Å². The number of esters is 1. The van der Waals surface area contributed by atoms with Crippen LogP contribution in [0.3, 0.4) is 0 Å².